The molecule has 0 amide bonds. The number of hydrogen-bond acceptors (Lipinski definition) is 5. The molecule has 0 saturated carbocycles. The third-order valence-electron chi connectivity index (χ3n) is 3.03. The maximum atomic E-state index is 5.51. The van der Waals surface area contributed by atoms with Gasteiger partial charge in [0.2, 0.25) is 0 Å². The molecule has 0 aromatic carbocycles. The van der Waals surface area contributed by atoms with Crippen LogP contribution in [-0.2, 0) is 19.9 Å². The summed E-state index contributed by atoms with van der Waals surface area (Å²) in [5.74, 6) is 6.94. The number of nitrogens with zero attached hydrogens (tertiary/aromatic N) is 4. The van der Waals surface area contributed by atoms with E-state index in [2.05, 4.69) is 20.5 Å². The molecule has 2 aromatic heterocycles. The second-order valence-electron chi connectivity index (χ2n) is 4.22. The maximum Gasteiger partial charge on any atom is 0.165 e. The molecule has 6 heteroatoms. The number of rotatable bonds is 2. The predicted molar refractivity (Wildman–Crippen MR) is 64.1 cm³/mol. The van der Waals surface area contributed by atoms with Crippen LogP contribution in [0.3, 0.4) is 0 Å². The Labute approximate surface area is 98.8 Å². The van der Waals surface area contributed by atoms with Crippen LogP contribution in [0.4, 0.5) is 5.82 Å². The Kier molecular flexibility index (Phi) is 2.29. The van der Waals surface area contributed by atoms with Gasteiger partial charge in [-0.2, -0.15) is 5.10 Å². The first-order valence-corrected chi connectivity index (χ1v) is 5.63. The molecule has 3 N–H and O–H groups in total. The molecule has 0 radical (unpaired) electrons. The third-order valence-corrected chi connectivity index (χ3v) is 3.03. The highest BCUT2D eigenvalue weighted by atomic mass is 15.3. The Morgan fingerprint density at radius 2 is 2.24 bits per heavy atom. The van der Waals surface area contributed by atoms with Crippen molar-refractivity contribution in [3.8, 4) is 11.4 Å². The van der Waals surface area contributed by atoms with Gasteiger partial charge in [-0.3, -0.25) is 4.68 Å². The Balaban J connectivity index is 2.12. The van der Waals surface area contributed by atoms with E-state index < -0.39 is 0 Å². The highest BCUT2D eigenvalue weighted by Gasteiger charge is 2.19. The van der Waals surface area contributed by atoms with Gasteiger partial charge in [-0.1, -0.05) is 0 Å². The fourth-order valence-electron chi connectivity index (χ4n) is 2.22. The summed E-state index contributed by atoms with van der Waals surface area (Å²) in [5.41, 5.74) is 5.84. The lowest BCUT2D eigenvalue weighted by atomic mass is 10.2. The van der Waals surface area contributed by atoms with Crippen molar-refractivity contribution in [1.29, 1.82) is 0 Å². The van der Waals surface area contributed by atoms with Crippen LogP contribution >= 0.6 is 0 Å². The predicted octanol–water partition coefficient (Wildman–Crippen LogP) is 0.651. The SMILES string of the molecule is Cn1cc(-c2nc3c(c(NN)n2)CCC3)cn1. The summed E-state index contributed by atoms with van der Waals surface area (Å²) in [4.78, 5) is 9.03. The van der Waals surface area contributed by atoms with Crippen molar-refractivity contribution in [2.24, 2.45) is 12.9 Å². The number of hydrogen-bond donors (Lipinski definition) is 2. The highest BCUT2D eigenvalue weighted by Crippen LogP contribution is 2.28. The molecule has 3 rings (SSSR count). The van der Waals surface area contributed by atoms with Crippen LogP contribution in [0.2, 0.25) is 0 Å². The number of hydrazine groups is 1. The van der Waals surface area contributed by atoms with Crippen molar-refractivity contribution < 1.29 is 0 Å². The van der Waals surface area contributed by atoms with Crippen molar-refractivity contribution >= 4 is 5.82 Å². The van der Waals surface area contributed by atoms with Crippen molar-refractivity contribution in [1.82, 2.24) is 19.7 Å². The molecule has 0 saturated heterocycles. The molecule has 88 valence electrons. The van der Waals surface area contributed by atoms with Crippen LogP contribution < -0.4 is 11.3 Å². The first kappa shape index (κ1) is 10.2. The zero-order valence-corrected chi connectivity index (χ0v) is 9.64. The van der Waals surface area contributed by atoms with Gasteiger partial charge in [-0.25, -0.2) is 15.8 Å². The van der Waals surface area contributed by atoms with Crippen LogP contribution in [-0.4, -0.2) is 19.7 Å². The van der Waals surface area contributed by atoms with Gasteiger partial charge in [0.25, 0.3) is 0 Å². The summed E-state index contributed by atoms with van der Waals surface area (Å²) in [6, 6.07) is 0. The van der Waals surface area contributed by atoms with E-state index in [-0.39, 0.29) is 0 Å². The average Bonchev–Trinajstić information content (AvgIpc) is 2.95. The first-order valence-electron chi connectivity index (χ1n) is 5.63. The summed E-state index contributed by atoms with van der Waals surface area (Å²) < 4.78 is 1.74. The van der Waals surface area contributed by atoms with Crippen LogP contribution in [0.25, 0.3) is 11.4 Å². The zero-order valence-electron chi connectivity index (χ0n) is 9.64. The van der Waals surface area contributed by atoms with Crippen LogP contribution in [0.1, 0.15) is 17.7 Å². The minimum Gasteiger partial charge on any atom is -0.308 e. The molecule has 0 bridgehead atoms. The molecular weight excluding hydrogens is 216 g/mol. The molecule has 0 unspecified atom stereocenters. The normalized spacial score (nSPS) is 13.8. The second kappa shape index (κ2) is 3.81. The molecule has 0 aliphatic heterocycles. The van der Waals surface area contributed by atoms with E-state index in [4.69, 9.17) is 5.84 Å². The summed E-state index contributed by atoms with van der Waals surface area (Å²) >= 11 is 0. The Morgan fingerprint density at radius 3 is 2.94 bits per heavy atom. The number of aromatic nitrogens is 4. The Morgan fingerprint density at radius 1 is 1.35 bits per heavy atom. The van der Waals surface area contributed by atoms with E-state index in [9.17, 15) is 0 Å². The summed E-state index contributed by atoms with van der Waals surface area (Å²) in [7, 11) is 1.87. The Bertz CT molecular complexity index is 559. The molecule has 0 atom stereocenters. The quantitative estimate of drug-likeness (QED) is 0.585. The van der Waals surface area contributed by atoms with E-state index in [1.54, 1.807) is 10.9 Å². The van der Waals surface area contributed by atoms with Crippen LogP contribution in [0, 0.1) is 0 Å². The standard InChI is InChI=1S/C11H14N6/c1-17-6-7(5-13-17)10-14-9-4-2-3-8(9)11(15-10)16-12/h5-6H,2-4,12H2,1H3,(H,14,15,16). The third kappa shape index (κ3) is 1.66. The fourth-order valence-corrected chi connectivity index (χ4v) is 2.22. The van der Waals surface area contributed by atoms with E-state index in [1.165, 1.54) is 0 Å². The van der Waals surface area contributed by atoms with E-state index in [0.717, 1.165) is 41.9 Å². The lowest BCUT2D eigenvalue weighted by Gasteiger charge is -2.07. The van der Waals surface area contributed by atoms with Gasteiger partial charge in [-0.05, 0) is 19.3 Å². The number of aryl methyl sites for hydroxylation is 2. The van der Waals surface area contributed by atoms with E-state index in [1.807, 2.05) is 13.2 Å². The highest BCUT2D eigenvalue weighted by molar-refractivity contribution is 5.59. The first-order chi connectivity index (χ1) is 8.28. The zero-order chi connectivity index (χ0) is 11.8. The largest absolute Gasteiger partial charge is 0.308 e. The van der Waals surface area contributed by atoms with Gasteiger partial charge in [0.1, 0.15) is 5.82 Å². The van der Waals surface area contributed by atoms with E-state index in [0.29, 0.717) is 5.82 Å². The van der Waals surface area contributed by atoms with Gasteiger partial charge in [-0.15, -0.1) is 0 Å². The van der Waals surface area contributed by atoms with Gasteiger partial charge in [0.05, 0.1) is 11.8 Å². The molecule has 2 aromatic rings. The van der Waals surface area contributed by atoms with Crippen LogP contribution in [0.15, 0.2) is 12.4 Å². The lowest BCUT2D eigenvalue weighted by molar-refractivity contribution is 0.768. The maximum absolute atomic E-state index is 5.51. The summed E-state index contributed by atoms with van der Waals surface area (Å²) in [5, 5.41) is 4.13. The van der Waals surface area contributed by atoms with E-state index >= 15 is 0 Å². The molecule has 1 aliphatic carbocycles. The molecule has 0 spiro atoms. The Hall–Kier alpha value is -1.95. The lowest BCUT2D eigenvalue weighted by Crippen LogP contribution is -2.12. The topological polar surface area (TPSA) is 81.7 Å². The second-order valence-corrected chi connectivity index (χ2v) is 4.22. The number of nitrogens with two attached hydrogens (primary N) is 1. The minimum absolute atomic E-state index is 0.687. The minimum atomic E-state index is 0.687. The molecule has 17 heavy (non-hydrogen) atoms. The van der Waals surface area contributed by atoms with Crippen molar-refractivity contribution in [2.45, 2.75) is 19.3 Å². The molecule has 0 fully saturated rings. The number of nitrogens with one attached hydrogen (secondary N) is 1. The van der Waals surface area contributed by atoms with Gasteiger partial charge >= 0.3 is 0 Å². The smallest absolute Gasteiger partial charge is 0.165 e. The summed E-state index contributed by atoms with van der Waals surface area (Å²) in [6.45, 7) is 0. The van der Waals surface area contributed by atoms with Crippen molar-refractivity contribution in [3.05, 3.63) is 23.7 Å². The number of nitrogen functional groups attached to an aromatic ring is 1. The fraction of sp³-hybridized carbons (Fsp3) is 0.364. The average molecular weight is 230 g/mol. The van der Waals surface area contributed by atoms with Crippen molar-refractivity contribution in [3.63, 3.8) is 0 Å². The molecule has 6 nitrogen and oxygen atoms in total. The van der Waals surface area contributed by atoms with Crippen LogP contribution in [0.5, 0.6) is 0 Å². The van der Waals surface area contributed by atoms with Gasteiger partial charge in [0, 0.05) is 24.5 Å². The molecule has 1 aliphatic rings. The molecule has 2 heterocycles. The monoisotopic (exact) mass is 230 g/mol. The van der Waals surface area contributed by atoms with Gasteiger partial charge in [0.15, 0.2) is 5.82 Å². The number of fused-ring (bicyclic) bond motifs is 1. The van der Waals surface area contributed by atoms with Gasteiger partial charge < -0.3 is 5.43 Å². The number of anilines is 1. The van der Waals surface area contributed by atoms with Crippen molar-refractivity contribution in [2.75, 3.05) is 5.43 Å². The molecular formula is C11H14N6. The summed E-state index contributed by atoms with van der Waals surface area (Å²) in [6.07, 6.45) is 6.78.